The van der Waals surface area contributed by atoms with E-state index in [0.717, 1.165) is 6.54 Å². The molecule has 1 aromatic carbocycles. The molecule has 1 nitrogen and oxygen atoms in total. The summed E-state index contributed by atoms with van der Waals surface area (Å²) < 4.78 is 11.7. The topological polar surface area (TPSA) is 12.0 Å². The van der Waals surface area contributed by atoms with Gasteiger partial charge in [0.1, 0.15) is 6.67 Å². The molecule has 0 aliphatic rings. The summed E-state index contributed by atoms with van der Waals surface area (Å²) in [6.07, 6.45) is 0. The van der Waals surface area contributed by atoms with Crippen LogP contribution in [0.5, 0.6) is 0 Å². The summed E-state index contributed by atoms with van der Waals surface area (Å²) in [5, 5.41) is 3.02. The van der Waals surface area contributed by atoms with Crippen molar-refractivity contribution in [2.24, 2.45) is 0 Å². The van der Waals surface area contributed by atoms with Gasteiger partial charge in [-0.2, -0.15) is 0 Å². The first-order valence-electron chi connectivity index (χ1n) is 4.16. The van der Waals surface area contributed by atoms with Crippen LogP contribution in [0.25, 0.3) is 0 Å². The molecule has 0 saturated heterocycles. The summed E-state index contributed by atoms with van der Waals surface area (Å²) in [7, 11) is 0. The fraction of sp³-hybridized carbons (Fsp3) is 0.400. The molecule has 1 aromatic rings. The van der Waals surface area contributed by atoms with E-state index in [1.165, 1.54) is 11.1 Å². The molecule has 1 rings (SSSR count). The lowest BCUT2D eigenvalue weighted by Gasteiger charge is -2.05. The summed E-state index contributed by atoms with van der Waals surface area (Å²) in [4.78, 5) is 0. The van der Waals surface area contributed by atoms with Crippen molar-refractivity contribution in [2.75, 3.05) is 13.2 Å². The molecule has 66 valence electrons. The predicted octanol–water partition coefficient (Wildman–Crippen LogP) is 2.05. The fourth-order valence-electron chi connectivity index (χ4n) is 1.10. The fourth-order valence-corrected chi connectivity index (χ4v) is 1.10. The molecule has 0 aliphatic carbocycles. The minimum Gasteiger partial charge on any atom is -0.310 e. The third-order valence-electron chi connectivity index (χ3n) is 1.85. The third kappa shape index (κ3) is 2.62. The maximum Gasteiger partial charge on any atom is 0.102 e. The number of halogens is 1. The van der Waals surface area contributed by atoms with Crippen LogP contribution in [0.4, 0.5) is 4.39 Å². The van der Waals surface area contributed by atoms with Crippen LogP contribution in [-0.2, 0) is 6.54 Å². The SMILES string of the molecule is Cc1ccccc1CNCCF. The van der Waals surface area contributed by atoms with Crippen molar-refractivity contribution < 1.29 is 4.39 Å². The number of nitrogens with one attached hydrogen (secondary N) is 1. The van der Waals surface area contributed by atoms with Gasteiger partial charge >= 0.3 is 0 Å². The van der Waals surface area contributed by atoms with Crippen molar-refractivity contribution in [3.63, 3.8) is 0 Å². The van der Waals surface area contributed by atoms with Gasteiger partial charge in [-0.05, 0) is 18.1 Å². The Morgan fingerprint density at radius 3 is 2.75 bits per heavy atom. The Morgan fingerprint density at radius 1 is 1.33 bits per heavy atom. The highest BCUT2D eigenvalue weighted by Gasteiger charge is 1.94. The maximum atomic E-state index is 11.7. The highest BCUT2D eigenvalue weighted by molar-refractivity contribution is 5.25. The van der Waals surface area contributed by atoms with Gasteiger partial charge in [0.05, 0.1) is 0 Å². The average Bonchev–Trinajstić information content (AvgIpc) is 2.09. The Morgan fingerprint density at radius 2 is 2.08 bits per heavy atom. The third-order valence-corrected chi connectivity index (χ3v) is 1.85. The quantitative estimate of drug-likeness (QED) is 0.677. The van der Waals surface area contributed by atoms with Gasteiger partial charge in [0.2, 0.25) is 0 Å². The summed E-state index contributed by atoms with van der Waals surface area (Å²) in [6.45, 7) is 2.96. The van der Waals surface area contributed by atoms with Gasteiger partial charge in [-0.25, -0.2) is 4.39 Å². The molecule has 0 fully saturated rings. The van der Waals surface area contributed by atoms with Gasteiger partial charge in [0, 0.05) is 13.1 Å². The standard InChI is InChI=1S/C10H14FN/c1-9-4-2-3-5-10(9)8-12-7-6-11/h2-5,12H,6-8H2,1H3. The first-order valence-corrected chi connectivity index (χ1v) is 4.16. The van der Waals surface area contributed by atoms with Crippen LogP contribution in [0, 0.1) is 6.92 Å². The van der Waals surface area contributed by atoms with Crippen LogP contribution in [0.15, 0.2) is 24.3 Å². The van der Waals surface area contributed by atoms with Crippen LogP contribution in [0.1, 0.15) is 11.1 Å². The van der Waals surface area contributed by atoms with E-state index >= 15 is 0 Å². The van der Waals surface area contributed by atoms with E-state index in [1.807, 2.05) is 12.1 Å². The number of rotatable bonds is 4. The molecule has 0 aromatic heterocycles. The van der Waals surface area contributed by atoms with Crippen molar-refractivity contribution in [1.29, 1.82) is 0 Å². The highest BCUT2D eigenvalue weighted by Crippen LogP contribution is 2.05. The van der Waals surface area contributed by atoms with Gasteiger partial charge in [-0.15, -0.1) is 0 Å². The zero-order valence-electron chi connectivity index (χ0n) is 7.31. The van der Waals surface area contributed by atoms with Crippen LogP contribution < -0.4 is 5.32 Å². The molecule has 0 unspecified atom stereocenters. The van der Waals surface area contributed by atoms with E-state index in [4.69, 9.17) is 0 Å². The molecule has 0 radical (unpaired) electrons. The van der Waals surface area contributed by atoms with Crippen LogP contribution in [0.3, 0.4) is 0 Å². The smallest absolute Gasteiger partial charge is 0.102 e. The van der Waals surface area contributed by atoms with Crippen molar-refractivity contribution in [1.82, 2.24) is 5.32 Å². The number of hydrogen-bond acceptors (Lipinski definition) is 1. The van der Waals surface area contributed by atoms with Crippen molar-refractivity contribution in [2.45, 2.75) is 13.5 Å². The first-order chi connectivity index (χ1) is 5.84. The minimum atomic E-state index is -0.300. The number of benzene rings is 1. The lowest BCUT2D eigenvalue weighted by atomic mass is 10.1. The zero-order chi connectivity index (χ0) is 8.81. The molecule has 0 aliphatic heterocycles. The number of aryl methyl sites for hydroxylation is 1. The second-order valence-corrected chi connectivity index (χ2v) is 2.79. The van der Waals surface area contributed by atoms with Crippen LogP contribution in [-0.4, -0.2) is 13.2 Å². The normalized spacial score (nSPS) is 10.2. The summed E-state index contributed by atoms with van der Waals surface area (Å²) in [6, 6.07) is 8.13. The molecule has 0 bridgehead atoms. The number of hydrogen-bond donors (Lipinski definition) is 1. The van der Waals surface area contributed by atoms with Crippen molar-refractivity contribution >= 4 is 0 Å². The molecule has 0 amide bonds. The summed E-state index contributed by atoms with van der Waals surface area (Å²) in [5.41, 5.74) is 2.50. The van der Waals surface area contributed by atoms with Gasteiger partial charge in [0.25, 0.3) is 0 Å². The Balaban J connectivity index is 2.46. The lowest BCUT2D eigenvalue weighted by molar-refractivity contribution is 0.466. The zero-order valence-corrected chi connectivity index (χ0v) is 7.31. The minimum absolute atomic E-state index is 0.300. The monoisotopic (exact) mass is 167 g/mol. The molecular formula is C10H14FN. The van der Waals surface area contributed by atoms with Gasteiger partial charge in [0.15, 0.2) is 0 Å². The summed E-state index contributed by atoms with van der Waals surface area (Å²) >= 11 is 0. The molecule has 1 N–H and O–H groups in total. The molecule has 0 heterocycles. The first kappa shape index (κ1) is 9.20. The molecule has 12 heavy (non-hydrogen) atoms. The number of alkyl halides is 1. The average molecular weight is 167 g/mol. The lowest BCUT2D eigenvalue weighted by Crippen LogP contribution is -2.16. The van der Waals surface area contributed by atoms with E-state index in [2.05, 4.69) is 24.4 Å². The largest absolute Gasteiger partial charge is 0.310 e. The predicted molar refractivity (Wildman–Crippen MR) is 48.9 cm³/mol. The van der Waals surface area contributed by atoms with E-state index < -0.39 is 0 Å². The van der Waals surface area contributed by atoms with E-state index in [-0.39, 0.29) is 6.67 Å². The Hall–Kier alpha value is -0.890. The molecular weight excluding hydrogens is 153 g/mol. The van der Waals surface area contributed by atoms with E-state index in [9.17, 15) is 4.39 Å². The Labute approximate surface area is 72.6 Å². The van der Waals surface area contributed by atoms with Gasteiger partial charge in [-0.3, -0.25) is 0 Å². The van der Waals surface area contributed by atoms with E-state index in [0.29, 0.717) is 6.54 Å². The van der Waals surface area contributed by atoms with E-state index in [1.54, 1.807) is 0 Å². The maximum absolute atomic E-state index is 11.7. The Bertz CT molecular complexity index is 235. The van der Waals surface area contributed by atoms with Crippen LogP contribution >= 0.6 is 0 Å². The molecule has 0 atom stereocenters. The molecule has 0 saturated carbocycles. The Kier molecular flexibility index (Phi) is 3.74. The highest BCUT2D eigenvalue weighted by atomic mass is 19.1. The van der Waals surface area contributed by atoms with Crippen molar-refractivity contribution in [3.05, 3.63) is 35.4 Å². The van der Waals surface area contributed by atoms with Crippen LogP contribution in [0.2, 0.25) is 0 Å². The van der Waals surface area contributed by atoms with Crippen molar-refractivity contribution in [3.8, 4) is 0 Å². The second kappa shape index (κ2) is 4.88. The molecule has 0 spiro atoms. The molecule has 2 heteroatoms. The van der Waals surface area contributed by atoms with Gasteiger partial charge in [-0.1, -0.05) is 24.3 Å². The second-order valence-electron chi connectivity index (χ2n) is 2.79. The summed E-state index contributed by atoms with van der Waals surface area (Å²) in [5.74, 6) is 0. The van der Waals surface area contributed by atoms with Gasteiger partial charge < -0.3 is 5.32 Å².